The van der Waals surface area contributed by atoms with Crippen molar-refractivity contribution in [3.8, 4) is 16.9 Å². The Morgan fingerprint density at radius 2 is 1.94 bits per heavy atom. The predicted molar refractivity (Wildman–Crippen MR) is 124 cm³/mol. The molecule has 7 nitrogen and oxygen atoms in total. The monoisotopic (exact) mass is 445 g/mol. The number of amides is 1. The van der Waals surface area contributed by atoms with Gasteiger partial charge >= 0.3 is 0 Å². The fraction of sp³-hybridized carbons (Fsp3) is 0.167. The molecule has 0 unspecified atom stereocenters. The number of carbonyl (C=O) groups excluding carboxylic acids is 2. The third-order valence-electron chi connectivity index (χ3n) is 5.73. The van der Waals surface area contributed by atoms with E-state index in [1.54, 1.807) is 32.2 Å². The molecule has 0 aliphatic carbocycles. The average molecular weight is 446 g/mol. The molecule has 0 N–H and O–H groups in total. The molecule has 0 radical (unpaired) electrons. The summed E-state index contributed by atoms with van der Waals surface area (Å²) in [7, 11) is 1.64. The summed E-state index contributed by atoms with van der Waals surface area (Å²) in [5.74, 6) is 0.105. The number of nitrogens with zero attached hydrogens (tertiary/aromatic N) is 3. The minimum absolute atomic E-state index is 0.0291. The Balaban J connectivity index is 1.55. The fourth-order valence-electron chi connectivity index (χ4n) is 3.84. The van der Waals surface area contributed by atoms with Crippen molar-refractivity contribution in [3.05, 3.63) is 76.2 Å². The summed E-state index contributed by atoms with van der Waals surface area (Å²) in [5.41, 5.74) is 2.40. The van der Waals surface area contributed by atoms with E-state index in [4.69, 9.17) is 4.74 Å². The van der Waals surface area contributed by atoms with Crippen LogP contribution in [0.1, 0.15) is 23.3 Å². The summed E-state index contributed by atoms with van der Waals surface area (Å²) < 4.78 is 6.80. The zero-order valence-corrected chi connectivity index (χ0v) is 18.3. The number of hydrogen-bond acceptors (Lipinski definition) is 6. The molecule has 0 bridgehead atoms. The van der Waals surface area contributed by atoms with Gasteiger partial charge in [0, 0.05) is 23.6 Å². The first kappa shape index (κ1) is 20.1. The Labute approximate surface area is 187 Å². The van der Waals surface area contributed by atoms with Crippen LogP contribution in [-0.2, 0) is 4.79 Å². The molecule has 5 rings (SSSR count). The lowest BCUT2D eigenvalue weighted by atomic mass is 10.0. The molecule has 0 saturated carbocycles. The van der Waals surface area contributed by atoms with Crippen LogP contribution in [0, 0.1) is 0 Å². The van der Waals surface area contributed by atoms with Crippen LogP contribution in [-0.4, -0.2) is 34.9 Å². The lowest BCUT2D eigenvalue weighted by molar-refractivity contribution is -0.120. The Morgan fingerprint density at radius 1 is 1.16 bits per heavy atom. The maximum absolute atomic E-state index is 13.4. The summed E-state index contributed by atoms with van der Waals surface area (Å²) in [6, 6.07) is 13.8. The van der Waals surface area contributed by atoms with Gasteiger partial charge in [0.05, 0.1) is 23.4 Å². The number of fused-ring (bicyclic) bond motifs is 2. The molecule has 1 amide bonds. The summed E-state index contributed by atoms with van der Waals surface area (Å²) >= 11 is 1.40. The first-order valence-electron chi connectivity index (χ1n) is 10.1. The predicted octanol–water partition coefficient (Wildman–Crippen LogP) is 3.92. The molecule has 1 atom stereocenters. The summed E-state index contributed by atoms with van der Waals surface area (Å²) in [6.45, 7) is 1.65. The third-order valence-corrected chi connectivity index (χ3v) is 6.62. The number of ether oxygens (including phenoxy) is 1. The Kier molecular flexibility index (Phi) is 4.86. The van der Waals surface area contributed by atoms with E-state index in [0.29, 0.717) is 27.2 Å². The van der Waals surface area contributed by atoms with E-state index in [0.717, 1.165) is 11.1 Å². The quantitative estimate of drug-likeness (QED) is 0.445. The van der Waals surface area contributed by atoms with Crippen LogP contribution in [0.15, 0.2) is 65.0 Å². The van der Waals surface area contributed by atoms with E-state index in [2.05, 4.69) is 4.98 Å². The number of benzene rings is 2. The molecule has 8 heteroatoms. The maximum Gasteiger partial charge on any atom is 0.264 e. The van der Waals surface area contributed by atoms with E-state index in [1.807, 2.05) is 35.7 Å². The highest BCUT2D eigenvalue weighted by Crippen LogP contribution is 2.33. The Morgan fingerprint density at radius 3 is 2.72 bits per heavy atom. The number of carbonyl (C=O) groups is 2. The van der Waals surface area contributed by atoms with Crippen molar-refractivity contribution >= 4 is 38.9 Å². The molecule has 3 heterocycles. The van der Waals surface area contributed by atoms with Gasteiger partial charge in [-0.3, -0.25) is 19.0 Å². The number of anilines is 1. The van der Waals surface area contributed by atoms with Crippen molar-refractivity contribution in [1.29, 1.82) is 0 Å². The first-order chi connectivity index (χ1) is 15.5. The van der Waals surface area contributed by atoms with Gasteiger partial charge in [0.2, 0.25) is 0 Å². The molecular formula is C24H19N3O4S. The van der Waals surface area contributed by atoms with Crippen molar-refractivity contribution in [1.82, 2.24) is 9.55 Å². The van der Waals surface area contributed by atoms with Crippen LogP contribution >= 0.6 is 11.3 Å². The van der Waals surface area contributed by atoms with E-state index >= 15 is 0 Å². The van der Waals surface area contributed by atoms with Gasteiger partial charge in [0.15, 0.2) is 12.4 Å². The molecule has 2 aromatic heterocycles. The van der Waals surface area contributed by atoms with E-state index in [9.17, 15) is 14.4 Å². The van der Waals surface area contributed by atoms with Crippen LogP contribution in [0.25, 0.3) is 21.3 Å². The molecule has 1 aliphatic heterocycles. The molecule has 160 valence electrons. The Hall–Kier alpha value is -3.78. The number of likely N-dealkylation sites (N-methyl/N-ethyl adjacent to an activating group) is 1. The van der Waals surface area contributed by atoms with Crippen LogP contribution < -0.4 is 15.2 Å². The van der Waals surface area contributed by atoms with Gasteiger partial charge in [-0.15, -0.1) is 11.3 Å². The molecule has 32 heavy (non-hydrogen) atoms. The normalized spacial score (nSPS) is 14.2. The number of Topliss-reactive ketones (excluding diaryl/α,β-unsaturated/α-hetero) is 1. The average Bonchev–Trinajstić information content (AvgIpc) is 3.26. The second kappa shape index (κ2) is 7.72. The molecule has 1 aliphatic rings. The number of ketones is 1. The summed E-state index contributed by atoms with van der Waals surface area (Å²) in [5, 5.41) is 2.43. The molecule has 0 saturated heterocycles. The highest BCUT2D eigenvalue weighted by Gasteiger charge is 2.26. The third kappa shape index (κ3) is 3.20. The number of aromatic nitrogens is 2. The molecule has 0 spiro atoms. The second-order valence-corrected chi connectivity index (χ2v) is 8.47. The minimum atomic E-state index is -0.772. The van der Waals surface area contributed by atoms with Crippen LogP contribution in [0.4, 0.5) is 5.69 Å². The van der Waals surface area contributed by atoms with Crippen molar-refractivity contribution in [2.75, 3.05) is 18.6 Å². The number of rotatable bonds is 4. The minimum Gasteiger partial charge on any atom is -0.482 e. The molecular weight excluding hydrogens is 426 g/mol. The Bertz CT molecular complexity index is 1420. The lowest BCUT2D eigenvalue weighted by Crippen LogP contribution is -2.35. The maximum atomic E-state index is 13.4. The van der Waals surface area contributed by atoms with Gasteiger partial charge in [0.1, 0.15) is 10.6 Å². The molecule has 4 aromatic rings. The SMILES string of the molecule is C[C@@H](C(=O)c1ccc2c(c1)N(C)C(=O)CO2)n1cnc2scc(-c3ccccc3)c2c1=O. The van der Waals surface area contributed by atoms with Crippen LogP contribution in [0.2, 0.25) is 0 Å². The topological polar surface area (TPSA) is 81.5 Å². The summed E-state index contributed by atoms with van der Waals surface area (Å²) in [6.07, 6.45) is 1.43. The van der Waals surface area contributed by atoms with Crippen LogP contribution in [0.5, 0.6) is 5.75 Å². The van der Waals surface area contributed by atoms with Crippen molar-refractivity contribution in [2.24, 2.45) is 0 Å². The highest BCUT2D eigenvalue weighted by atomic mass is 32.1. The zero-order valence-electron chi connectivity index (χ0n) is 17.4. The van der Waals surface area contributed by atoms with Crippen molar-refractivity contribution < 1.29 is 14.3 Å². The standard InChI is InChI=1S/C24H19N3O4S/c1-14(22(29)16-8-9-19-18(10-16)26(2)20(28)11-31-19)27-13-25-23-21(24(27)30)17(12-32-23)15-6-4-3-5-7-15/h3-10,12-14H,11H2,1-2H3/t14-/m0/s1. The number of hydrogen-bond donors (Lipinski definition) is 0. The molecule has 2 aromatic carbocycles. The smallest absolute Gasteiger partial charge is 0.264 e. The van der Waals surface area contributed by atoms with E-state index < -0.39 is 6.04 Å². The van der Waals surface area contributed by atoms with Crippen molar-refractivity contribution in [2.45, 2.75) is 13.0 Å². The van der Waals surface area contributed by atoms with Gasteiger partial charge in [0.25, 0.3) is 11.5 Å². The second-order valence-electron chi connectivity index (χ2n) is 7.62. The number of thiophene rings is 1. The van der Waals surface area contributed by atoms with Gasteiger partial charge in [-0.1, -0.05) is 30.3 Å². The lowest BCUT2D eigenvalue weighted by Gasteiger charge is -2.26. The van der Waals surface area contributed by atoms with Gasteiger partial charge in [-0.05, 0) is 30.7 Å². The zero-order chi connectivity index (χ0) is 22.4. The van der Waals surface area contributed by atoms with Crippen LogP contribution in [0.3, 0.4) is 0 Å². The van der Waals surface area contributed by atoms with Gasteiger partial charge in [-0.25, -0.2) is 4.98 Å². The van der Waals surface area contributed by atoms with E-state index in [-0.39, 0.29) is 23.9 Å². The van der Waals surface area contributed by atoms with Gasteiger partial charge in [-0.2, -0.15) is 0 Å². The molecule has 0 fully saturated rings. The first-order valence-corrected chi connectivity index (χ1v) is 10.9. The van der Waals surface area contributed by atoms with Crippen molar-refractivity contribution in [3.63, 3.8) is 0 Å². The largest absolute Gasteiger partial charge is 0.482 e. The van der Waals surface area contributed by atoms with Gasteiger partial charge < -0.3 is 9.64 Å². The van der Waals surface area contributed by atoms with E-state index in [1.165, 1.54) is 27.1 Å². The summed E-state index contributed by atoms with van der Waals surface area (Å²) in [4.78, 5) is 45.2. The highest BCUT2D eigenvalue weighted by molar-refractivity contribution is 7.17. The fourth-order valence-corrected chi connectivity index (χ4v) is 4.75.